The Balaban J connectivity index is 1.20. The van der Waals surface area contributed by atoms with Crippen LogP contribution in [-0.2, 0) is 33.6 Å². The summed E-state index contributed by atoms with van der Waals surface area (Å²) in [6.07, 6.45) is 1.81. The lowest BCUT2D eigenvalue weighted by molar-refractivity contribution is -0.135. The van der Waals surface area contributed by atoms with Gasteiger partial charge in [0, 0.05) is 12.8 Å². The summed E-state index contributed by atoms with van der Waals surface area (Å²) in [7, 11) is 0. The molecule has 1 unspecified atom stereocenters. The zero-order valence-electron chi connectivity index (χ0n) is 22.7. The number of aryl methyl sites for hydroxylation is 2. The van der Waals surface area contributed by atoms with Crippen LogP contribution < -0.4 is 10.6 Å². The lowest BCUT2D eigenvalue weighted by Crippen LogP contribution is -2.39. The Morgan fingerprint density at radius 3 is 1.46 bits per heavy atom. The van der Waals surface area contributed by atoms with Crippen molar-refractivity contribution in [2.24, 2.45) is 0 Å². The van der Waals surface area contributed by atoms with Crippen molar-refractivity contribution in [3.05, 3.63) is 81.8 Å². The Bertz CT molecular complexity index is 1330. The second kappa shape index (κ2) is 14.1. The van der Waals surface area contributed by atoms with E-state index in [1.165, 1.54) is 22.7 Å². The normalized spacial score (nSPS) is 14.1. The van der Waals surface area contributed by atoms with E-state index in [1.807, 2.05) is 12.1 Å². The molecule has 216 valence electrons. The van der Waals surface area contributed by atoms with E-state index in [9.17, 15) is 19.8 Å². The molecule has 0 aliphatic heterocycles. The van der Waals surface area contributed by atoms with Gasteiger partial charge in [0.15, 0.2) is 11.2 Å². The molecule has 0 saturated carbocycles. The summed E-state index contributed by atoms with van der Waals surface area (Å²) < 4.78 is 0. The van der Waals surface area contributed by atoms with E-state index in [2.05, 4.69) is 31.0 Å². The van der Waals surface area contributed by atoms with Crippen molar-refractivity contribution in [3.8, 4) is 0 Å². The van der Waals surface area contributed by atoms with Crippen LogP contribution in [-0.4, -0.2) is 53.9 Å². The quantitative estimate of drug-likeness (QED) is 0.152. The molecule has 0 aliphatic rings. The summed E-state index contributed by atoms with van der Waals surface area (Å²) in [5, 5.41) is 46.1. The molecule has 13 heteroatoms. The molecule has 4 aromatic rings. The SMILES string of the molecule is CCC(O)(C(=O)Nc1nnc(CCSCCc2nnc(NC(=O)[C@@](O)(CC)c3ccccc3)s2)s1)c1ccccc1. The van der Waals surface area contributed by atoms with Crippen LogP contribution in [0.4, 0.5) is 10.3 Å². The van der Waals surface area contributed by atoms with Crippen molar-refractivity contribution >= 4 is 56.5 Å². The highest BCUT2D eigenvalue weighted by molar-refractivity contribution is 7.99. The second-order valence-electron chi connectivity index (χ2n) is 9.18. The van der Waals surface area contributed by atoms with E-state index in [4.69, 9.17) is 0 Å². The molecule has 0 radical (unpaired) electrons. The minimum Gasteiger partial charge on any atom is -0.375 e. The molecule has 0 aliphatic carbocycles. The molecule has 4 N–H and O–H groups in total. The fourth-order valence-electron chi connectivity index (χ4n) is 4.05. The number of carbonyl (C=O) groups is 2. The third-order valence-electron chi connectivity index (χ3n) is 6.57. The highest BCUT2D eigenvalue weighted by Crippen LogP contribution is 2.29. The van der Waals surface area contributed by atoms with Crippen molar-refractivity contribution in [1.29, 1.82) is 0 Å². The molecular weight excluding hydrogens is 581 g/mol. The average molecular weight is 613 g/mol. The monoisotopic (exact) mass is 612 g/mol. The standard InChI is InChI=1S/C28H32N6O4S3/c1-3-27(37,19-11-7-5-8-12-19)23(35)29-25-33-31-21(40-25)15-17-39-18-16-22-32-34-26(41-22)30-24(36)28(38,4-2)20-13-9-6-10-14-20/h5-14,37-38H,3-4,15-18H2,1-2H3,(H,29,33,35)(H,30,34,36)/t27-,28?/m1/s1. The van der Waals surface area contributed by atoms with Gasteiger partial charge in [-0.3, -0.25) is 20.2 Å². The van der Waals surface area contributed by atoms with E-state index in [1.54, 1.807) is 74.1 Å². The molecule has 0 saturated heterocycles. The molecule has 2 heterocycles. The average Bonchev–Trinajstić information content (AvgIpc) is 3.65. The molecule has 0 fully saturated rings. The topological polar surface area (TPSA) is 150 Å². The number of rotatable bonds is 14. The van der Waals surface area contributed by atoms with Gasteiger partial charge in [0.2, 0.25) is 10.3 Å². The molecule has 0 spiro atoms. The number of hydrogen-bond donors (Lipinski definition) is 4. The number of amides is 2. The van der Waals surface area contributed by atoms with Gasteiger partial charge in [0.1, 0.15) is 10.0 Å². The molecule has 2 amide bonds. The van der Waals surface area contributed by atoms with Gasteiger partial charge in [0.05, 0.1) is 0 Å². The van der Waals surface area contributed by atoms with Gasteiger partial charge >= 0.3 is 0 Å². The smallest absolute Gasteiger partial charge is 0.262 e. The van der Waals surface area contributed by atoms with Crippen LogP contribution in [0, 0.1) is 0 Å². The highest BCUT2D eigenvalue weighted by Gasteiger charge is 2.37. The Hall–Kier alpha value is -3.23. The molecular formula is C28H32N6O4S3. The fourth-order valence-corrected chi connectivity index (χ4v) is 6.66. The Kier molecular flexibility index (Phi) is 10.6. The van der Waals surface area contributed by atoms with Crippen molar-refractivity contribution in [2.45, 2.75) is 50.7 Å². The van der Waals surface area contributed by atoms with Crippen molar-refractivity contribution < 1.29 is 19.8 Å². The third-order valence-corrected chi connectivity index (χ3v) is 9.35. The number of thioether (sulfide) groups is 1. The zero-order chi connectivity index (χ0) is 29.3. The number of anilines is 2. The number of nitrogens with one attached hydrogen (secondary N) is 2. The van der Waals surface area contributed by atoms with E-state index >= 15 is 0 Å². The van der Waals surface area contributed by atoms with Gasteiger partial charge in [-0.25, -0.2) is 0 Å². The molecule has 10 nitrogen and oxygen atoms in total. The minimum atomic E-state index is -1.64. The molecule has 2 aromatic carbocycles. The number of nitrogens with zero attached hydrogens (tertiary/aromatic N) is 4. The molecule has 4 rings (SSSR count). The number of hydrogen-bond acceptors (Lipinski definition) is 11. The number of carbonyl (C=O) groups excluding carboxylic acids is 2. The first kappa shape index (κ1) is 30.7. The van der Waals surface area contributed by atoms with E-state index in [-0.39, 0.29) is 12.8 Å². The summed E-state index contributed by atoms with van der Waals surface area (Å²) in [5.41, 5.74) is -2.23. The Morgan fingerprint density at radius 2 is 1.10 bits per heavy atom. The van der Waals surface area contributed by atoms with Crippen LogP contribution in [0.15, 0.2) is 60.7 Å². The first-order valence-corrected chi connectivity index (χ1v) is 16.0. The second-order valence-corrected chi connectivity index (χ2v) is 12.5. The van der Waals surface area contributed by atoms with E-state index in [0.29, 0.717) is 34.2 Å². The minimum absolute atomic E-state index is 0.224. The van der Waals surface area contributed by atoms with Crippen molar-refractivity contribution in [3.63, 3.8) is 0 Å². The van der Waals surface area contributed by atoms with Crippen molar-refractivity contribution in [1.82, 2.24) is 20.4 Å². The summed E-state index contributed by atoms with van der Waals surface area (Å²) in [5.74, 6) is 0.536. The maximum atomic E-state index is 12.8. The van der Waals surface area contributed by atoms with Crippen LogP contribution in [0.1, 0.15) is 47.8 Å². The van der Waals surface area contributed by atoms with Gasteiger partial charge in [0.25, 0.3) is 11.8 Å². The van der Waals surface area contributed by atoms with Gasteiger partial charge in [-0.1, -0.05) is 97.2 Å². The summed E-state index contributed by atoms with van der Waals surface area (Å²) in [6, 6.07) is 17.7. The molecule has 41 heavy (non-hydrogen) atoms. The first-order chi connectivity index (χ1) is 19.8. The maximum Gasteiger partial charge on any atom is 0.262 e. The predicted molar refractivity (Wildman–Crippen MR) is 163 cm³/mol. The largest absolute Gasteiger partial charge is 0.375 e. The van der Waals surface area contributed by atoms with Gasteiger partial charge in [-0.2, -0.15) is 11.8 Å². The van der Waals surface area contributed by atoms with E-state index in [0.717, 1.165) is 21.5 Å². The predicted octanol–water partition coefficient (Wildman–Crippen LogP) is 4.38. The molecule has 0 bridgehead atoms. The van der Waals surface area contributed by atoms with Gasteiger partial charge in [-0.05, 0) is 35.5 Å². The Labute approximate surface area is 250 Å². The third kappa shape index (κ3) is 7.54. The van der Waals surface area contributed by atoms with Gasteiger partial charge in [-0.15, -0.1) is 20.4 Å². The van der Waals surface area contributed by atoms with Crippen LogP contribution in [0.3, 0.4) is 0 Å². The lowest BCUT2D eigenvalue weighted by Gasteiger charge is -2.25. The number of aromatic nitrogens is 4. The Morgan fingerprint density at radius 1 is 0.707 bits per heavy atom. The van der Waals surface area contributed by atoms with Crippen LogP contribution in [0.25, 0.3) is 0 Å². The van der Waals surface area contributed by atoms with Crippen LogP contribution >= 0.6 is 34.4 Å². The summed E-state index contributed by atoms with van der Waals surface area (Å²) in [6.45, 7) is 3.51. The number of benzene rings is 2. The van der Waals surface area contributed by atoms with Crippen LogP contribution in [0.5, 0.6) is 0 Å². The fraction of sp³-hybridized carbons (Fsp3) is 0.357. The summed E-state index contributed by atoms with van der Waals surface area (Å²) in [4.78, 5) is 25.7. The maximum absolute atomic E-state index is 12.8. The van der Waals surface area contributed by atoms with Gasteiger partial charge < -0.3 is 10.2 Å². The van der Waals surface area contributed by atoms with E-state index < -0.39 is 23.0 Å². The summed E-state index contributed by atoms with van der Waals surface area (Å²) >= 11 is 4.30. The zero-order valence-corrected chi connectivity index (χ0v) is 25.2. The van der Waals surface area contributed by atoms with Crippen molar-refractivity contribution in [2.75, 3.05) is 22.1 Å². The van der Waals surface area contributed by atoms with Crippen LogP contribution in [0.2, 0.25) is 0 Å². The lowest BCUT2D eigenvalue weighted by atomic mass is 9.90. The highest BCUT2D eigenvalue weighted by atomic mass is 32.2. The molecule has 2 atom stereocenters. The molecule has 2 aromatic heterocycles. The number of aliphatic hydroxyl groups is 2. The first-order valence-electron chi connectivity index (χ1n) is 13.2.